The maximum absolute atomic E-state index is 14.0. The highest BCUT2D eigenvalue weighted by Crippen LogP contribution is 2.33. The van der Waals surface area contributed by atoms with Gasteiger partial charge in [-0.25, -0.2) is 14.6 Å². The minimum atomic E-state index is -0.145. The summed E-state index contributed by atoms with van der Waals surface area (Å²) in [7, 11) is 1.98. The Morgan fingerprint density at radius 3 is 2.33 bits per heavy atom. The molecule has 0 atom stereocenters. The fourth-order valence-electron chi connectivity index (χ4n) is 4.06. The van der Waals surface area contributed by atoms with Crippen molar-refractivity contribution < 1.29 is 4.79 Å². The summed E-state index contributed by atoms with van der Waals surface area (Å²) >= 11 is 1.60. The molecule has 0 bridgehead atoms. The number of amides is 1. The molecule has 0 spiro atoms. The van der Waals surface area contributed by atoms with Gasteiger partial charge >= 0.3 is 0 Å². The molecule has 0 radical (unpaired) electrons. The maximum atomic E-state index is 14.0. The van der Waals surface area contributed by atoms with E-state index in [1.807, 2.05) is 90.1 Å². The van der Waals surface area contributed by atoms with E-state index in [0.717, 1.165) is 27.3 Å². The topological polar surface area (TPSA) is 67.2 Å². The molecule has 0 fully saturated rings. The second-order valence-electron chi connectivity index (χ2n) is 7.88. The average Bonchev–Trinajstić information content (AvgIpc) is 3.54. The number of likely N-dealkylation sites (N-methyl/N-ethyl adjacent to an activating group) is 1. The van der Waals surface area contributed by atoms with Gasteiger partial charge in [-0.1, -0.05) is 36.4 Å². The van der Waals surface area contributed by atoms with E-state index in [1.165, 1.54) is 0 Å². The quantitative estimate of drug-likeness (QED) is 0.399. The smallest absolute Gasteiger partial charge is 0.278 e. The molecule has 0 saturated heterocycles. The van der Waals surface area contributed by atoms with E-state index in [0.29, 0.717) is 30.4 Å². The third-order valence-electron chi connectivity index (χ3n) is 5.76. The molecule has 1 aliphatic heterocycles. The monoisotopic (exact) mass is 452 g/mol. The van der Waals surface area contributed by atoms with Crippen molar-refractivity contribution in [2.24, 2.45) is 0 Å². The predicted molar refractivity (Wildman–Crippen MR) is 131 cm³/mol. The van der Waals surface area contributed by atoms with Crippen LogP contribution in [0.1, 0.15) is 10.5 Å². The first-order valence-electron chi connectivity index (χ1n) is 10.7. The summed E-state index contributed by atoms with van der Waals surface area (Å²) in [6, 6.07) is 23.3. The van der Waals surface area contributed by atoms with E-state index >= 15 is 0 Å². The third-order valence-corrected chi connectivity index (χ3v) is 6.65. The molecule has 33 heavy (non-hydrogen) atoms. The lowest BCUT2D eigenvalue weighted by atomic mass is 10.2. The molecule has 6 rings (SSSR count). The van der Waals surface area contributed by atoms with Crippen LogP contribution in [0.4, 0.5) is 11.6 Å². The summed E-state index contributed by atoms with van der Waals surface area (Å²) < 4.78 is 1.73. The minimum Gasteiger partial charge on any atom is -0.355 e. The number of fused-ring (bicyclic) bond motifs is 2. The summed E-state index contributed by atoms with van der Waals surface area (Å²) in [5.74, 6) is 1.14. The number of hydrogen-bond donors (Lipinski definition) is 0. The van der Waals surface area contributed by atoms with Crippen molar-refractivity contribution in [2.75, 3.05) is 29.9 Å². The number of thiophene rings is 1. The van der Waals surface area contributed by atoms with Crippen LogP contribution in [0, 0.1) is 0 Å². The first kappa shape index (κ1) is 19.6. The number of nitrogens with zero attached hydrogens (tertiary/aromatic N) is 6. The van der Waals surface area contributed by atoms with E-state index in [9.17, 15) is 4.79 Å². The molecule has 2 aromatic carbocycles. The molecule has 0 unspecified atom stereocenters. The van der Waals surface area contributed by atoms with Gasteiger partial charge in [0.15, 0.2) is 11.6 Å². The number of benzene rings is 2. The van der Waals surface area contributed by atoms with Gasteiger partial charge in [0, 0.05) is 20.1 Å². The van der Waals surface area contributed by atoms with Gasteiger partial charge in [0.05, 0.1) is 21.6 Å². The molecular formula is C25H20N6OS. The van der Waals surface area contributed by atoms with E-state index in [-0.39, 0.29) is 5.91 Å². The van der Waals surface area contributed by atoms with Crippen LogP contribution in [0.5, 0.6) is 0 Å². The van der Waals surface area contributed by atoms with Crippen molar-refractivity contribution in [3.05, 3.63) is 83.9 Å². The summed E-state index contributed by atoms with van der Waals surface area (Å²) in [5, 5.41) is 6.80. The van der Waals surface area contributed by atoms with Crippen molar-refractivity contribution in [3.63, 3.8) is 0 Å². The van der Waals surface area contributed by atoms with Gasteiger partial charge in [0.1, 0.15) is 11.4 Å². The molecule has 0 saturated carbocycles. The molecule has 1 amide bonds. The third kappa shape index (κ3) is 3.35. The second kappa shape index (κ2) is 7.83. The summed E-state index contributed by atoms with van der Waals surface area (Å²) in [4.78, 5) is 28.4. The first-order chi connectivity index (χ1) is 16.2. The number of aromatic nitrogens is 4. The van der Waals surface area contributed by atoms with Crippen LogP contribution in [0.25, 0.3) is 27.3 Å². The Kier molecular flexibility index (Phi) is 4.66. The molecule has 3 aromatic heterocycles. The maximum Gasteiger partial charge on any atom is 0.278 e. The van der Waals surface area contributed by atoms with Crippen LogP contribution >= 0.6 is 11.3 Å². The van der Waals surface area contributed by atoms with Gasteiger partial charge in [-0.05, 0) is 41.8 Å². The van der Waals surface area contributed by atoms with Gasteiger partial charge in [-0.15, -0.1) is 11.3 Å². The number of hydrogen-bond acceptors (Lipinski definition) is 6. The normalized spacial score (nSPS) is 13.4. The van der Waals surface area contributed by atoms with Gasteiger partial charge in [0.2, 0.25) is 0 Å². The zero-order chi connectivity index (χ0) is 22.4. The lowest BCUT2D eigenvalue weighted by Gasteiger charge is -2.33. The number of anilines is 2. The molecule has 5 aromatic rings. The van der Waals surface area contributed by atoms with E-state index in [4.69, 9.17) is 15.1 Å². The lowest BCUT2D eigenvalue weighted by molar-refractivity contribution is 0.0978. The molecule has 7 nitrogen and oxygen atoms in total. The SMILES string of the molecule is CN1CCN(C(=O)c2cc(-c3cccs3)nn2-c2ccccc2)c2nc3ccccc3nc21. The largest absolute Gasteiger partial charge is 0.355 e. The number of carbonyl (C=O) groups excluding carboxylic acids is 1. The predicted octanol–water partition coefficient (Wildman–Crippen LogP) is 4.64. The molecular weight excluding hydrogens is 432 g/mol. The van der Waals surface area contributed by atoms with Crippen molar-refractivity contribution in [2.45, 2.75) is 0 Å². The lowest BCUT2D eigenvalue weighted by Crippen LogP contribution is -2.44. The summed E-state index contributed by atoms with van der Waals surface area (Å²) in [6.45, 7) is 1.19. The van der Waals surface area contributed by atoms with Gasteiger partial charge in [-0.3, -0.25) is 9.69 Å². The molecule has 8 heteroatoms. The van der Waals surface area contributed by atoms with Gasteiger partial charge in [-0.2, -0.15) is 5.10 Å². The highest BCUT2D eigenvalue weighted by Gasteiger charge is 2.31. The Morgan fingerprint density at radius 2 is 1.61 bits per heavy atom. The van der Waals surface area contributed by atoms with Crippen molar-refractivity contribution in [1.29, 1.82) is 0 Å². The van der Waals surface area contributed by atoms with Crippen LogP contribution in [0.15, 0.2) is 78.2 Å². The van der Waals surface area contributed by atoms with Gasteiger partial charge < -0.3 is 4.90 Å². The van der Waals surface area contributed by atoms with Crippen molar-refractivity contribution in [3.8, 4) is 16.3 Å². The summed E-state index contributed by atoms with van der Waals surface area (Å²) in [6.07, 6.45) is 0. The zero-order valence-electron chi connectivity index (χ0n) is 17.9. The average molecular weight is 453 g/mol. The zero-order valence-corrected chi connectivity index (χ0v) is 18.7. The first-order valence-corrected chi connectivity index (χ1v) is 11.6. The Balaban J connectivity index is 1.49. The Morgan fingerprint density at radius 1 is 0.879 bits per heavy atom. The van der Waals surface area contributed by atoms with Crippen LogP contribution in [-0.2, 0) is 0 Å². The number of para-hydroxylation sites is 3. The van der Waals surface area contributed by atoms with Crippen molar-refractivity contribution in [1.82, 2.24) is 19.7 Å². The number of carbonyl (C=O) groups is 1. The fraction of sp³-hybridized carbons (Fsp3) is 0.120. The highest BCUT2D eigenvalue weighted by atomic mass is 32.1. The number of rotatable bonds is 3. The minimum absolute atomic E-state index is 0.145. The highest BCUT2D eigenvalue weighted by molar-refractivity contribution is 7.13. The van der Waals surface area contributed by atoms with Crippen LogP contribution < -0.4 is 9.80 Å². The second-order valence-corrected chi connectivity index (χ2v) is 8.83. The van der Waals surface area contributed by atoms with Crippen LogP contribution in [0.3, 0.4) is 0 Å². The standard InChI is InChI=1S/C25H20N6OS/c1-29-13-14-30(24-23(29)26-18-10-5-6-11-19(18)27-24)25(32)21-16-20(22-12-7-15-33-22)28-31(21)17-8-3-2-4-9-17/h2-12,15-16H,13-14H2,1H3. The van der Waals surface area contributed by atoms with Crippen LogP contribution in [0.2, 0.25) is 0 Å². The van der Waals surface area contributed by atoms with E-state index in [2.05, 4.69) is 0 Å². The molecule has 4 heterocycles. The molecule has 162 valence electrons. The van der Waals surface area contributed by atoms with Crippen LogP contribution in [-0.4, -0.2) is 45.8 Å². The Hall–Kier alpha value is -4.04. The Labute approximate surface area is 194 Å². The molecule has 0 aliphatic carbocycles. The molecule has 0 N–H and O–H groups in total. The summed E-state index contributed by atoms with van der Waals surface area (Å²) in [5.41, 5.74) is 3.68. The Bertz CT molecular complexity index is 1460. The van der Waals surface area contributed by atoms with E-state index < -0.39 is 0 Å². The van der Waals surface area contributed by atoms with E-state index in [1.54, 1.807) is 20.9 Å². The molecule has 1 aliphatic rings. The van der Waals surface area contributed by atoms with Crippen molar-refractivity contribution >= 4 is 39.9 Å². The fourth-order valence-corrected chi connectivity index (χ4v) is 4.74. The van der Waals surface area contributed by atoms with Gasteiger partial charge in [0.25, 0.3) is 5.91 Å².